The number of carbonyl (C=O) groups is 1. The van der Waals surface area contributed by atoms with Crippen molar-refractivity contribution in [2.24, 2.45) is 0 Å². The normalized spacial score (nSPS) is 10.3. The zero-order valence-electron chi connectivity index (χ0n) is 12.2. The fraction of sp³-hybridized carbons (Fsp3) is 0.267. The van der Waals surface area contributed by atoms with Gasteiger partial charge >= 0.3 is 0 Å². The Bertz CT molecular complexity index is 632. The molecule has 0 saturated carbocycles. The van der Waals surface area contributed by atoms with Gasteiger partial charge in [-0.25, -0.2) is 14.4 Å². The number of nitrogens with one attached hydrogen (secondary N) is 2. The third-order valence-electron chi connectivity index (χ3n) is 3.09. The summed E-state index contributed by atoms with van der Waals surface area (Å²) < 4.78 is 13.5. The first-order valence-corrected chi connectivity index (χ1v) is 6.55. The highest BCUT2D eigenvalue weighted by Gasteiger charge is 2.09. The Labute approximate surface area is 122 Å². The summed E-state index contributed by atoms with van der Waals surface area (Å²) in [5, 5.41) is 5.57. The summed E-state index contributed by atoms with van der Waals surface area (Å²) in [6.07, 6.45) is 2.89. The summed E-state index contributed by atoms with van der Waals surface area (Å²) >= 11 is 0. The maximum absolute atomic E-state index is 13.5. The van der Waals surface area contributed by atoms with E-state index in [9.17, 15) is 9.18 Å². The molecule has 0 unspecified atom stereocenters. The standard InChI is InChI=1S/C15H17FN4O/c1-9-4-11(5-10(2)14(9)16)6-20-15(21)12-7-19-13(17-3)8-18-12/h4-5,7-8H,6H2,1-3H3,(H,17,19)(H,20,21). The Morgan fingerprint density at radius 3 is 2.38 bits per heavy atom. The number of anilines is 1. The van der Waals surface area contributed by atoms with E-state index in [0.717, 1.165) is 5.56 Å². The van der Waals surface area contributed by atoms with Crippen molar-refractivity contribution in [2.75, 3.05) is 12.4 Å². The van der Waals surface area contributed by atoms with Crippen molar-refractivity contribution in [3.05, 3.63) is 52.7 Å². The van der Waals surface area contributed by atoms with Gasteiger partial charge in [0.1, 0.15) is 17.3 Å². The molecule has 1 heterocycles. The predicted molar refractivity (Wildman–Crippen MR) is 78.6 cm³/mol. The van der Waals surface area contributed by atoms with Crippen LogP contribution < -0.4 is 10.6 Å². The van der Waals surface area contributed by atoms with Gasteiger partial charge in [-0.1, -0.05) is 12.1 Å². The number of halogens is 1. The number of aromatic nitrogens is 2. The number of aryl methyl sites for hydroxylation is 2. The lowest BCUT2D eigenvalue weighted by molar-refractivity contribution is 0.0945. The number of benzene rings is 1. The Morgan fingerprint density at radius 2 is 1.86 bits per heavy atom. The van der Waals surface area contributed by atoms with Gasteiger partial charge in [-0.15, -0.1) is 0 Å². The van der Waals surface area contributed by atoms with E-state index < -0.39 is 0 Å². The van der Waals surface area contributed by atoms with Crippen molar-refractivity contribution in [3.8, 4) is 0 Å². The first kappa shape index (κ1) is 14.9. The highest BCUT2D eigenvalue weighted by Crippen LogP contribution is 2.14. The number of hydrogen-bond donors (Lipinski definition) is 2. The molecule has 0 saturated heterocycles. The lowest BCUT2D eigenvalue weighted by Gasteiger charge is -2.08. The van der Waals surface area contributed by atoms with Crippen LogP contribution >= 0.6 is 0 Å². The van der Waals surface area contributed by atoms with Crippen LogP contribution in [0, 0.1) is 19.7 Å². The lowest BCUT2D eigenvalue weighted by Crippen LogP contribution is -2.24. The summed E-state index contributed by atoms with van der Waals surface area (Å²) in [5.41, 5.74) is 2.22. The monoisotopic (exact) mass is 288 g/mol. The molecule has 6 heteroatoms. The van der Waals surface area contributed by atoms with Gasteiger partial charge in [-0.3, -0.25) is 4.79 Å². The second-order valence-electron chi connectivity index (χ2n) is 4.76. The van der Waals surface area contributed by atoms with Gasteiger partial charge in [0.05, 0.1) is 12.4 Å². The van der Waals surface area contributed by atoms with Gasteiger partial charge in [0.15, 0.2) is 0 Å². The van der Waals surface area contributed by atoms with Crippen molar-refractivity contribution in [3.63, 3.8) is 0 Å². The van der Waals surface area contributed by atoms with Crippen LogP contribution in [0.25, 0.3) is 0 Å². The van der Waals surface area contributed by atoms with Crippen LogP contribution in [0.4, 0.5) is 10.2 Å². The molecule has 110 valence electrons. The van der Waals surface area contributed by atoms with Crippen LogP contribution in [-0.2, 0) is 6.54 Å². The second-order valence-corrected chi connectivity index (χ2v) is 4.76. The average Bonchev–Trinajstić information content (AvgIpc) is 2.50. The molecular weight excluding hydrogens is 271 g/mol. The molecule has 0 atom stereocenters. The van der Waals surface area contributed by atoms with E-state index in [2.05, 4.69) is 20.6 Å². The quantitative estimate of drug-likeness (QED) is 0.905. The minimum atomic E-state index is -0.315. The highest BCUT2D eigenvalue weighted by molar-refractivity contribution is 5.91. The molecular formula is C15H17FN4O. The molecule has 0 aliphatic heterocycles. The molecule has 0 radical (unpaired) electrons. The van der Waals surface area contributed by atoms with Crippen molar-refractivity contribution in [1.82, 2.24) is 15.3 Å². The summed E-state index contributed by atoms with van der Waals surface area (Å²) in [7, 11) is 1.73. The molecule has 1 aromatic heterocycles. The van der Waals surface area contributed by atoms with Crippen LogP contribution in [0.3, 0.4) is 0 Å². The summed E-state index contributed by atoms with van der Waals surface area (Å²) in [6.45, 7) is 3.72. The Kier molecular flexibility index (Phi) is 4.47. The average molecular weight is 288 g/mol. The highest BCUT2D eigenvalue weighted by atomic mass is 19.1. The Balaban J connectivity index is 2.03. The van der Waals surface area contributed by atoms with Crippen LogP contribution in [0.5, 0.6) is 0 Å². The van der Waals surface area contributed by atoms with Gasteiger partial charge in [0.25, 0.3) is 5.91 Å². The van der Waals surface area contributed by atoms with Gasteiger partial charge in [-0.05, 0) is 30.5 Å². The van der Waals surface area contributed by atoms with Gasteiger partial charge in [0.2, 0.25) is 0 Å². The zero-order chi connectivity index (χ0) is 15.4. The van der Waals surface area contributed by atoms with Crippen molar-refractivity contribution in [1.29, 1.82) is 0 Å². The Morgan fingerprint density at radius 1 is 1.19 bits per heavy atom. The molecule has 0 fully saturated rings. The largest absolute Gasteiger partial charge is 0.372 e. The fourth-order valence-electron chi connectivity index (χ4n) is 1.98. The van der Waals surface area contributed by atoms with Crippen LogP contribution in [0.2, 0.25) is 0 Å². The summed E-state index contributed by atoms with van der Waals surface area (Å²) in [6, 6.07) is 3.44. The van der Waals surface area contributed by atoms with E-state index in [-0.39, 0.29) is 17.4 Å². The predicted octanol–water partition coefficient (Wildman–Crippen LogP) is 2.20. The molecule has 2 rings (SSSR count). The molecule has 5 nitrogen and oxygen atoms in total. The van der Waals surface area contributed by atoms with Crippen LogP contribution in [-0.4, -0.2) is 22.9 Å². The summed E-state index contributed by atoms with van der Waals surface area (Å²) in [4.78, 5) is 20.0. The first-order chi connectivity index (χ1) is 10.0. The molecule has 0 bridgehead atoms. The van der Waals surface area contributed by atoms with E-state index in [0.29, 0.717) is 23.5 Å². The number of amides is 1. The maximum atomic E-state index is 13.5. The molecule has 2 N–H and O–H groups in total. The number of carbonyl (C=O) groups excluding carboxylic acids is 1. The lowest BCUT2D eigenvalue weighted by atomic mass is 10.1. The van der Waals surface area contributed by atoms with Gasteiger partial charge in [-0.2, -0.15) is 0 Å². The molecule has 1 aromatic carbocycles. The fourth-order valence-corrected chi connectivity index (χ4v) is 1.98. The zero-order valence-corrected chi connectivity index (χ0v) is 12.2. The van der Waals surface area contributed by atoms with Crippen molar-refractivity contribution >= 4 is 11.7 Å². The molecule has 2 aromatic rings. The smallest absolute Gasteiger partial charge is 0.271 e. The van der Waals surface area contributed by atoms with Crippen LogP contribution in [0.1, 0.15) is 27.2 Å². The van der Waals surface area contributed by atoms with Gasteiger partial charge in [0, 0.05) is 13.6 Å². The molecule has 21 heavy (non-hydrogen) atoms. The number of rotatable bonds is 4. The summed E-state index contributed by atoms with van der Waals surface area (Å²) in [5.74, 6) is 0.0692. The van der Waals surface area contributed by atoms with E-state index in [1.54, 1.807) is 33.0 Å². The molecule has 0 aliphatic rings. The maximum Gasteiger partial charge on any atom is 0.271 e. The minimum absolute atomic E-state index is 0.210. The van der Waals surface area contributed by atoms with Gasteiger partial charge < -0.3 is 10.6 Å². The molecule has 0 spiro atoms. The molecule has 0 aliphatic carbocycles. The van der Waals surface area contributed by atoms with Crippen molar-refractivity contribution < 1.29 is 9.18 Å². The number of hydrogen-bond acceptors (Lipinski definition) is 4. The number of nitrogens with zero attached hydrogens (tertiary/aromatic N) is 2. The van der Waals surface area contributed by atoms with Crippen LogP contribution in [0.15, 0.2) is 24.5 Å². The second kappa shape index (κ2) is 6.30. The first-order valence-electron chi connectivity index (χ1n) is 6.55. The van der Waals surface area contributed by atoms with E-state index in [1.807, 2.05) is 0 Å². The molecule has 1 amide bonds. The Hall–Kier alpha value is -2.50. The third-order valence-corrected chi connectivity index (χ3v) is 3.09. The van der Waals surface area contributed by atoms with E-state index in [1.165, 1.54) is 12.4 Å². The van der Waals surface area contributed by atoms with E-state index >= 15 is 0 Å². The minimum Gasteiger partial charge on any atom is -0.372 e. The third kappa shape index (κ3) is 3.53. The topological polar surface area (TPSA) is 66.9 Å². The SMILES string of the molecule is CNc1cnc(C(=O)NCc2cc(C)c(F)c(C)c2)cn1. The van der Waals surface area contributed by atoms with Crippen molar-refractivity contribution in [2.45, 2.75) is 20.4 Å². The van der Waals surface area contributed by atoms with E-state index in [4.69, 9.17) is 0 Å².